The normalized spacial score (nSPS) is 12.8. The van der Waals surface area contributed by atoms with Crippen molar-refractivity contribution < 1.29 is 23.9 Å². The molecule has 0 spiro atoms. The van der Waals surface area contributed by atoms with Crippen LogP contribution in [0, 0.1) is 0 Å². The van der Waals surface area contributed by atoms with Crippen LogP contribution in [-0.4, -0.2) is 40.1 Å². The summed E-state index contributed by atoms with van der Waals surface area (Å²) >= 11 is 0. The number of esters is 1. The maximum absolute atomic E-state index is 12.8. The van der Waals surface area contributed by atoms with Crippen molar-refractivity contribution in [3.8, 4) is 0 Å². The van der Waals surface area contributed by atoms with Gasteiger partial charge in [0, 0.05) is 22.7 Å². The monoisotopic (exact) mass is 438 g/mol. The minimum absolute atomic E-state index is 0.100. The number of nitrogens with zero attached hydrogens (tertiary/aromatic N) is 1. The Morgan fingerprint density at radius 3 is 2.39 bits per heavy atom. The lowest BCUT2D eigenvalue weighted by molar-refractivity contribution is 0.0475. The van der Waals surface area contributed by atoms with Gasteiger partial charge in [-0.05, 0) is 29.8 Å². The minimum atomic E-state index is -0.743. The molecule has 162 valence electrons. The average Bonchev–Trinajstić information content (AvgIpc) is 3.38. The number of imide groups is 1. The molecule has 0 unspecified atom stereocenters. The first-order chi connectivity index (χ1) is 16.0. The number of fused-ring (bicyclic) bond motifs is 2. The van der Waals surface area contributed by atoms with Crippen LogP contribution in [0.4, 0.5) is 0 Å². The molecule has 0 bridgehead atoms. The van der Waals surface area contributed by atoms with E-state index in [1.807, 2.05) is 54.6 Å². The highest BCUT2D eigenvalue weighted by atomic mass is 16.5. The zero-order valence-corrected chi connectivity index (χ0v) is 17.4. The van der Waals surface area contributed by atoms with E-state index in [9.17, 15) is 19.2 Å². The molecule has 5 rings (SSSR count). The molecule has 33 heavy (non-hydrogen) atoms. The van der Waals surface area contributed by atoms with Gasteiger partial charge in [0.1, 0.15) is 0 Å². The number of carbonyl (C=O) groups excluding carboxylic acids is 4. The van der Waals surface area contributed by atoms with Gasteiger partial charge < -0.3 is 9.72 Å². The molecule has 0 fully saturated rings. The van der Waals surface area contributed by atoms with Gasteiger partial charge in [0.15, 0.2) is 6.61 Å². The highest BCUT2D eigenvalue weighted by Crippen LogP contribution is 2.26. The van der Waals surface area contributed by atoms with Crippen molar-refractivity contribution in [1.82, 2.24) is 9.88 Å². The number of amides is 2. The molecule has 2 amide bonds. The van der Waals surface area contributed by atoms with Crippen molar-refractivity contribution >= 4 is 34.5 Å². The Bertz CT molecular complexity index is 1420. The summed E-state index contributed by atoms with van der Waals surface area (Å²) in [7, 11) is 0. The second kappa shape index (κ2) is 8.20. The SMILES string of the molecule is O=C(OCC(=O)c1c[nH]c2ccccc12)c1ccc2c(c1)C(=O)N(Cc1ccccc1)C2=O. The second-order valence-corrected chi connectivity index (χ2v) is 7.69. The zero-order chi connectivity index (χ0) is 22.9. The molecule has 1 aliphatic heterocycles. The Balaban J connectivity index is 1.29. The van der Waals surface area contributed by atoms with E-state index in [2.05, 4.69) is 4.98 Å². The molecule has 0 aliphatic carbocycles. The minimum Gasteiger partial charge on any atom is -0.454 e. The molecule has 7 nitrogen and oxygen atoms in total. The van der Waals surface area contributed by atoms with Crippen molar-refractivity contribution in [3.05, 3.63) is 107 Å². The van der Waals surface area contributed by atoms with Crippen molar-refractivity contribution in [3.63, 3.8) is 0 Å². The number of hydrogen-bond donors (Lipinski definition) is 1. The first-order valence-electron chi connectivity index (χ1n) is 10.3. The molecular formula is C26H18N2O5. The molecule has 0 radical (unpaired) electrons. The Kier molecular flexibility index (Phi) is 5.06. The maximum atomic E-state index is 12.8. The predicted octanol–water partition coefficient (Wildman–Crippen LogP) is 4.00. The van der Waals surface area contributed by atoms with Crippen LogP contribution in [0.5, 0.6) is 0 Å². The number of aromatic amines is 1. The molecule has 1 aliphatic rings. The summed E-state index contributed by atoms with van der Waals surface area (Å²) in [6, 6.07) is 20.7. The number of ether oxygens (including phenoxy) is 1. The highest BCUT2D eigenvalue weighted by Gasteiger charge is 2.36. The largest absolute Gasteiger partial charge is 0.454 e. The summed E-state index contributed by atoms with van der Waals surface area (Å²) in [6.45, 7) is -0.295. The van der Waals surface area contributed by atoms with Gasteiger partial charge in [-0.25, -0.2) is 4.79 Å². The smallest absolute Gasteiger partial charge is 0.338 e. The number of ketones is 1. The van der Waals surface area contributed by atoms with Crippen molar-refractivity contribution in [2.45, 2.75) is 6.54 Å². The summed E-state index contributed by atoms with van der Waals surface area (Å²) in [5.41, 5.74) is 2.56. The fourth-order valence-corrected chi connectivity index (χ4v) is 3.92. The Labute approximate surface area is 188 Å². The van der Waals surface area contributed by atoms with E-state index in [4.69, 9.17) is 4.74 Å². The molecule has 1 N–H and O–H groups in total. The predicted molar refractivity (Wildman–Crippen MR) is 120 cm³/mol. The lowest BCUT2D eigenvalue weighted by Gasteiger charge is -2.13. The quantitative estimate of drug-likeness (QED) is 0.279. The van der Waals surface area contributed by atoms with E-state index in [0.717, 1.165) is 21.4 Å². The number of rotatable bonds is 6. The summed E-state index contributed by atoms with van der Waals surface area (Å²) in [5, 5.41) is 0.749. The Morgan fingerprint density at radius 1 is 0.848 bits per heavy atom. The van der Waals surface area contributed by atoms with Crippen LogP contribution in [0.1, 0.15) is 47.0 Å². The third-order valence-electron chi connectivity index (χ3n) is 5.61. The van der Waals surface area contributed by atoms with Crippen LogP contribution in [0.2, 0.25) is 0 Å². The number of benzene rings is 3. The van der Waals surface area contributed by atoms with E-state index in [0.29, 0.717) is 5.56 Å². The third-order valence-corrected chi connectivity index (χ3v) is 5.61. The molecule has 0 saturated heterocycles. The van der Waals surface area contributed by atoms with Crippen LogP contribution in [0.15, 0.2) is 79.0 Å². The van der Waals surface area contributed by atoms with Crippen LogP contribution in [0.25, 0.3) is 10.9 Å². The summed E-state index contributed by atoms with van der Waals surface area (Å²) in [6.07, 6.45) is 1.59. The van der Waals surface area contributed by atoms with Crippen molar-refractivity contribution in [2.24, 2.45) is 0 Å². The van der Waals surface area contributed by atoms with Crippen LogP contribution in [0.3, 0.4) is 0 Å². The van der Waals surface area contributed by atoms with Gasteiger partial charge in [-0.15, -0.1) is 0 Å². The molecule has 0 saturated carbocycles. The summed E-state index contributed by atoms with van der Waals surface area (Å²) in [4.78, 5) is 54.8. The highest BCUT2D eigenvalue weighted by molar-refractivity contribution is 6.22. The zero-order valence-electron chi connectivity index (χ0n) is 17.4. The van der Waals surface area contributed by atoms with Gasteiger partial charge >= 0.3 is 5.97 Å². The standard InChI is InChI=1S/C26H18N2O5/c29-23(21-13-27-22-9-5-4-8-18(21)22)15-33-26(32)17-10-11-19-20(12-17)25(31)28(24(19)30)14-16-6-2-1-3-7-16/h1-13,27H,14-15H2. The maximum Gasteiger partial charge on any atom is 0.338 e. The Hall–Kier alpha value is -4.52. The number of H-pyrrole nitrogens is 1. The number of hydrogen-bond acceptors (Lipinski definition) is 5. The third kappa shape index (κ3) is 3.70. The molecular weight excluding hydrogens is 420 g/mol. The molecule has 2 heterocycles. The number of nitrogens with one attached hydrogen (secondary N) is 1. The topological polar surface area (TPSA) is 96.5 Å². The van der Waals surface area contributed by atoms with Crippen LogP contribution >= 0.6 is 0 Å². The van der Waals surface area contributed by atoms with Crippen molar-refractivity contribution in [1.29, 1.82) is 0 Å². The lowest BCUT2D eigenvalue weighted by Crippen LogP contribution is -2.29. The lowest BCUT2D eigenvalue weighted by atomic mass is 10.1. The first-order valence-corrected chi connectivity index (χ1v) is 10.3. The number of Topliss-reactive ketones (excluding diaryl/α,β-unsaturated/α-hetero) is 1. The second-order valence-electron chi connectivity index (χ2n) is 7.69. The summed E-state index contributed by atoms with van der Waals surface area (Å²) in [5.74, 6) is -1.97. The number of carbonyl (C=O) groups is 4. The van der Waals surface area contributed by atoms with E-state index >= 15 is 0 Å². The van der Waals surface area contributed by atoms with E-state index < -0.39 is 24.4 Å². The van der Waals surface area contributed by atoms with Gasteiger partial charge in [0.2, 0.25) is 5.78 Å². The van der Waals surface area contributed by atoms with Gasteiger partial charge in [-0.2, -0.15) is 0 Å². The van der Waals surface area contributed by atoms with Gasteiger partial charge in [-0.3, -0.25) is 19.3 Å². The fourth-order valence-electron chi connectivity index (χ4n) is 3.92. The summed E-state index contributed by atoms with van der Waals surface area (Å²) < 4.78 is 5.19. The molecule has 4 aromatic rings. The molecule has 1 aromatic heterocycles. The van der Waals surface area contributed by atoms with E-state index in [1.165, 1.54) is 18.2 Å². The Morgan fingerprint density at radius 2 is 1.58 bits per heavy atom. The van der Waals surface area contributed by atoms with Crippen LogP contribution in [-0.2, 0) is 11.3 Å². The van der Waals surface area contributed by atoms with E-state index in [-0.39, 0.29) is 29.0 Å². The van der Waals surface area contributed by atoms with Crippen LogP contribution < -0.4 is 0 Å². The number of para-hydroxylation sites is 1. The first kappa shape index (κ1) is 20.4. The van der Waals surface area contributed by atoms with Gasteiger partial charge in [0.05, 0.1) is 23.2 Å². The molecule has 7 heteroatoms. The van der Waals surface area contributed by atoms with Crippen molar-refractivity contribution in [2.75, 3.05) is 6.61 Å². The molecule has 0 atom stereocenters. The fraction of sp³-hybridized carbons (Fsp3) is 0.0769. The average molecular weight is 438 g/mol. The number of aromatic nitrogens is 1. The van der Waals surface area contributed by atoms with Gasteiger partial charge in [0.25, 0.3) is 11.8 Å². The van der Waals surface area contributed by atoms with Gasteiger partial charge in [-0.1, -0.05) is 48.5 Å². The van der Waals surface area contributed by atoms with E-state index in [1.54, 1.807) is 6.20 Å². The molecule has 3 aromatic carbocycles.